The van der Waals surface area contributed by atoms with Gasteiger partial charge in [0.05, 0.1) is 24.1 Å². The van der Waals surface area contributed by atoms with Crippen molar-refractivity contribution in [2.75, 3.05) is 0 Å². The van der Waals surface area contributed by atoms with Gasteiger partial charge in [0.1, 0.15) is 23.4 Å². The number of rotatable bonds is 9. The van der Waals surface area contributed by atoms with E-state index in [0.29, 0.717) is 22.6 Å². The topological polar surface area (TPSA) is 152 Å². The number of nitrogens with two attached hydrogens (primary N) is 1. The molecule has 0 radical (unpaired) electrons. The number of ether oxygens (including phenoxy) is 2. The minimum absolute atomic E-state index is 0.197. The van der Waals surface area contributed by atoms with E-state index in [4.69, 9.17) is 25.0 Å². The summed E-state index contributed by atoms with van der Waals surface area (Å²) in [4.78, 5) is 11.1. The number of hydrogen-bond acceptors (Lipinski definition) is 6. The summed E-state index contributed by atoms with van der Waals surface area (Å²) >= 11 is 0. The van der Waals surface area contributed by atoms with Gasteiger partial charge in [-0.2, -0.15) is 18.4 Å². The molecule has 1 aliphatic rings. The molecule has 180 valence electrons. The number of carbonyl (C=O) groups is 1. The van der Waals surface area contributed by atoms with E-state index >= 15 is 0 Å². The molecule has 0 fully saturated rings. The van der Waals surface area contributed by atoms with E-state index < -0.39 is 28.6 Å². The Morgan fingerprint density at radius 2 is 1.80 bits per heavy atom. The zero-order valence-corrected chi connectivity index (χ0v) is 19.4. The van der Waals surface area contributed by atoms with Gasteiger partial charge in [0.2, 0.25) is 0 Å². The van der Waals surface area contributed by atoms with Crippen LogP contribution in [0.4, 0.5) is 0 Å². The molecule has 4 rings (SSSR count). The van der Waals surface area contributed by atoms with Crippen LogP contribution in [-0.4, -0.2) is 19.5 Å². The second-order valence-corrected chi connectivity index (χ2v) is 9.42. The van der Waals surface area contributed by atoms with Crippen LogP contribution < -0.4 is 19.3 Å². The Morgan fingerprint density at radius 1 is 1.11 bits per heavy atom. The molecule has 9 nitrogen and oxygen atoms in total. The summed E-state index contributed by atoms with van der Waals surface area (Å²) in [5.74, 6) is 0.781. The highest BCUT2D eigenvalue weighted by atomic mass is 32.2. The molecule has 3 aromatic carbocycles. The summed E-state index contributed by atoms with van der Waals surface area (Å²) in [6, 6.07) is 20.4. The monoisotopic (exact) mass is 493 g/mol. The molecule has 0 saturated heterocycles. The third-order valence-corrected chi connectivity index (χ3v) is 6.24. The summed E-state index contributed by atoms with van der Waals surface area (Å²) in [6.45, 7) is 0. The maximum atomic E-state index is 11.4. The molecular formula is C25H23N3O6S. The summed E-state index contributed by atoms with van der Waals surface area (Å²) in [5.41, 5.74) is 3.08. The first kappa shape index (κ1) is 24.2. The number of carboxylic acids is 1. The Balaban J connectivity index is 1.48. The van der Waals surface area contributed by atoms with Crippen LogP contribution in [0.1, 0.15) is 47.2 Å². The molecule has 10 heteroatoms. The van der Waals surface area contributed by atoms with Gasteiger partial charge in [-0.05, 0) is 66.4 Å². The molecule has 0 saturated carbocycles. The lowest BCUT2D eigenvalue weighted by Gasteiger charge is -2.18. The maximum Gasteiger partial charge on any atom is 0.305 e. The van der Waals surface area contributed by atoms with Crippen molar-refractivity contribution >= 4 is 16.2 Å². The number of aliphatic carboxylic acids is 1. The van der Waals surface area contributed by atoms with Crippen LogP contribution in [0.25, 0.3) is 0 Å². The Morgan fingerprint density at radius 3 is 2.43 bits per heavy atom. The van der Waals surface area contributed by atoms with E-state index in [1.54, 1.807) is 48.5 Å². The van der Waals surface area contributed by atoms with Crippen LogP contribution >= 0.6 is 0 Å². The average molecular weight is 494 g/mol. The van der Waals surface area contributed by atoms with Gasteiger partial charge >= 0.3 is 5.97 Å². The Hall–Kier alpha value is -3.91. The molecule has 0 bridgehead atoms. The summed E-state index contributed by atoms with van der Waals surface area (Å²) < 4.78 is 37.2. The smallest absolute Gasteiger partial charge is 0.305 e. The average Bonchev–Trinajstić information content (AvgIpc) is 3.22. The molecule has 1 aliphatic carbocycles. The number of nitrogens with one attached hydrogen (secondary N) is 1. The molecule has 0 amide bonds. The van der Waals surface area contributed by atoms with E-state index in [1.807, 2.05) is 18.2 Å². The largest absolute Gasteiger partial charge is 0.486 e. The lowest BCUT2D eigenvalue weighted by Crippen LogP contribution is -2.35. The fourth-order valence-electron chi connectivity index (χ4n) is 4.07. The van der Waals surface area contributed by atoms with E-state index in [9.17, 15) is 13.2 Å². The second kappa shape index (κ2) is 10.1. The SMILES string of the molecule is N#Cc1ccc(Oc2cccc3c2CC[C@H]3Oc2ccc(C(CC(=O)O)NS(N)(=O)=O)cc2)cc1. The number of fused-ring (bicyclic) bond motifs is 1. The molecule has 35 heavy (non-hydrogen) atoms. The van der Waals surface area contributed by atoms with E-state index in [0.717, 1.165) is 29.7 Å². The highest BCUT2D eigenvalue weighted by Crippen LogP contribution is 2.41. The first-order valence-electron chi connectivity index (χ1n) is 10.8. The van der Waals surface area contributed by atoms with Crippen molar-refractivity contribution in [2.24, 2.45) is 5.14 Å². The van der Waals surface area contributed by atoms with Crippen molar-refractivity contribution in [3.63, 3.8) is 0 Å². The Bertz CT molecular complexity index is 1370. The van der Waals surface area contributed by atoms with Crippen molar-refractivity contribution in [1.29, 1.82) is 5.26 Å². The fourth-order valence-corrected chi connectivity index (χ4v) is 4.68. The molecule has 1 unspecified atom stereocenters. The van der Waals surface area contributed by atoms with Crippen molar-refractivity contribution in [2.45, 2.75) is 31.4 Å². The fraction of sp³-hybridized carbons (Fsp3) is 0.200. The highest BCUT2D eigenvalue weighted by Gasteiger charge is 2.27. The molecule has 0 aromatic heterocycles. The number of hydrogen-bond donors (Lipinski definition) is 3. The predicted molar refractivity (Wildman–Crippen MR) is 127 cm³/mol. The van der Waals surface area contributed by atoms with Crippen LogP contribution in [0.2, 0.25) is 0 Å². The van der Waals surface area contributed by atoms with Gasteiger partial charge < -0.3 is 14.6 Å². The van der Waals surface area contributed by atoms with E-state index in [-0.39, 0.29) is 6.10 Å². The third-order valence-electron chi connectivity index (χ3n) is 5.63. The van der Waals surface area contributed by atoms with Gasteiger partial charge in [0, 0.05) is 5.56 Å². The van der Waals surface area contributed by atoms with Gasteiger partial charge in [0.15, 0.2) is 0 Å². The number of benzene rings is 3. The summed E-state index contributed by atoms with van der Waals surface area (Å²) in [7, 11) is -4.08. The van der Waals surface area contributed by atoms with Crippen molar-refractivity contribution in [3.8, 4) is 23.3 Å². The molecule has 4 N–H and O–H groups in total. The highest BCUT2D eigenvalue weighted by molar-refractivity contribution is 7.87. The summed E-state index contributed by atoms with van der Waals surface area (Å²) in [6.07, 6.45) is 0.871. The molecule has 0 aliphatic heterocycles. The van der Waals surface area contributed by atoms with Crippen molar-refractivity contribution in [3.05, 3.63) is 89.0 Å². The third kappa shape index (κ3) is 6.16. The molecular weight excluding hydrogens is 470 g/mol. The first-order chi connectivity index (χ1) is 16.7. The zero-order valence-electron chi connectivity index (χ0n) is 18.5. The lowest BCUT2D eigenvalue weighted by molar-refractivity contribution is -0.137. The van der Waals surface area contributed by atoms with Crippen molar-refractivity contribution < 1.29 is 27.8 Å². The number of nitriles is 1. The van der Waals surface area contributed by atoms with Crippen LogP contribution in [0, 0.1) is 11.3 Å². The first-order valence-corrected chi connectivity index (χ1v) is 12.3. The maximum absolute atomic E-state index is 11.4. The van der Waals surface area contributed by atoms with Gasteiger partial charge in [-0.3, -0.25) is 4.79 Å². The lowest BCUT2D eigenvalue weighted by atomic mass is 10.0. The molecule has 2 atom stereocenters. The van der Waals surface area contributed by atoms with Crippen LogP contribution in [0.15, 0.2) is 66.7 Å². The predicted octanol–water partition coefficient (Wildman–Crippen LogP) is 3.73. The van der Waals surface area contributed by atoms with Crippen LogP contribution in [-0.2, 0) is 21.4 Å². The zero-order chi connectivity index (χ0) is 25.0. The number of nitrogens with zero attached hydrogens (tertiary/aromatic N) is 1. The minimum atomic E-state index is -4.08. The van der Waals surface area contributed by atoms with Crippen LogP contribution in [0.3, 0.4) is 0 Å². The van der Waals surface area contributed by atoms with E-state index in [1.165, 1.54) is 0 Å². The quantitative estimate of drug-likeness (QED) is 0.411. The van der Waals surface area contributed by atoms with Crippen LogP contribution in [0.5, 0.6) is 17.2 Å². The normalized spacial score (nSPS) is 15.6. The second-order valence-electron chi connectivity index (χ2n) is 8.09. The van der Waals surface area contributed by atoms with Gasteiger partial charge in [-0.1, -0.05) is 24.3 Å². The Kier molecular flexibility index (Phi) is 7.02. The number of carboxylic acid groups (broad SMARTS) is 1. The van der Waals surface area contributed by atoms with Crippen molar-refractivity contribution in [1.82, 2.24) is 4.72 Å². The minimum Gasteiger partial charge on any atom is -0.486 e. The van der Waals surface area contributed by atoms with Gasteiger partial charge in [-0.25, -0.2) is 5.14 Å². The Labute approximate surface area is 202 Å². The molecule has 3 aromatic rings. The van der Waals surface area contributed by atoms with Gasteiger partial charge in [-0.15, -0.1) is 0 Å². The standard InChI is InChI=1S/C25H23N3O6S/c26-15-16-4-8-18(9-5-16)33-23-3-1-2-20-21(23)12-13-24(20)34-19-10-6-17(7-11-19)22(14-25(29)30)28-35(27,31)32/h1-11,22,24,28H,12-14H2,(H,29,30)(H2,27,31,32)/t22?,24-/m1/s1. The van der Waals surface area contributed by atoms with E-state index in [2.05, 4.69) is 10.8 Å². The summed E-state index contributed by atoms with van der Waals surface area (Å²) in [5, 5.41) is 23.1. The van der Waals surface area contributed by atoms with Gasteiger partial charge in [0.25, 0.3) is 10.2 Å². The molecule has 0 spiro atoms. The molecule has 0 heterocycles.